The first-order chi connectivity index (χ1) is 6.15. The van der Waals surface area contributed by atoms with Crippen molar-refractivity contribution in [2.75, 3.05) is 13.1 Å². The van der Waals surface area contributed by atoms with Gasteiger partial charge in [-0.05, 0) is 44.1 Å². The summed E-state index contributed by atoms with van der Waals surface area (Å²) in [6.45, 7) is 9.95. The van der Waals surface area contributed by atoms with Gasteiger partial charge in [-0.1, -0.05) is 20.8 Å². The Labute approximate surface area is 82.5 Å². The molecule has 0 N–H and O–H groups in total. The van der Waals surface area contributed by atoms with E-state index < -0.39 is 0 Å². The van der Waals surface area contributed by atoms with Gasteiger partial charge >= 0.3 is 0 Å². The van der Waals surface area contributed by atoms with E-state index in [0.717, 1.165) is 11.8 Å². The molecule has 2 heterocycles. The van der Waals surface area contributed by atoms with Crippen LogP contribution >= 0.6 is 0 Å². The van der Waals surface area contributed by atoms with E-state index in [9.17, 15) is 0 Å². The molecule has 2 unspecified atom stereocenters. The highest BCUT2D eigenvalue weighted by Crippen LogP contribution is 2.43. The standard InChI is InChI=1S/C12H23N/c1-10(2)12-6-4-8-13(12)9-11(3)5-7-12/h10-11H,4-9H2,1-3H3. The number of rotatable bonds is 1. The van der Waals surface area contributed by atoms with Crippen molar-refractivity contribution in [3.05, 3.63) is 0 Å². The molecule has 2 aliphatic rings. The van der Waals surface area contributed by atoms with Crippen molar-refractivity contribution in [2.24, 2.45) is 11.8 Å². The summed E-state index contributed by atoms with van der Waals surface area (Å²) in [6, 6.07) is 0. The summed E-state index contributed by atoms with van der Waals surface area (Å²) in [5.41, 5.74) is 0.604. The second-order valence-electron chi connectivity index (χ2n) is 5.45. The third-order valence-electron chi connectivity index (χ3n) is 4.34. The Kier molecular flexibility index (Phi) is 2.39. The number of nitrogens with zero attached hydrogens (tertiary/aromatic N) is 1. The van der Waals surface area contributed by atoms with Crippen LogP contribution in [-0.4, -0.2) is 23.5 Å². The van der Waals surface area contributed by atoms with Gasteiger partial charge in [0.2, 0.25) is 0 Å². The van der Waals surface area contributed by atoms with Crippen LogP contribution in [-0.2, 0) is 0 Å². The van der Waals surface area contributed by atoms with E-state index in [0.29, 0.717) is 5.54 Å². The van der Waals surface area contributed by atoms with Crippen LogP contribution in [0.15, 0.2) is 0 Å². The van der Waals surface area contributed by atoms with Crippen molar-refractivity contribution in [1.29, 1.82) is 0 Å². The Balaban J connectivity index is 2.16. The topological polar surface area (TPSA) is 3.24 Å². The van der Waals surface area contributed by atoms with E-state index in [4.69, 9.17) is 0 Å². The summed E-state index contributed by atoms with van der Waals surface area (Å²) in [4.78, 5) is 2.78. The zero-order chi connectivity index (χ0) is 9.47. The Morgan fingerprint density at radius 1 is 1.31 bits per heavy atom. The summed E-state index contributed by atoms with van der Waals surface area (Å²) < 4.78 is 0. The van der Waals surface area contributed by atoms with Gasteiger partial charge in [0, 0.05) is 12.1 Å². The third kappa shape index (κ3) is 1.41. The molecule has 0 aromatic heterocycles. The molecule has 0 saturated carbocycles. The molecule has 0 aliphatic carbocycles. The molecule has 2 fully saturated rings. The fraction of sp³-hybridized carbons (Fsp3) is 1.00. The first-order valence-corrected chi connectivity index (χ1v) is 5.90. The molecule has 0 aromatic rings. The molecule has 2 rings (SSSR count). The molecule has 0 aromatic carbocycles. The largest absolute Gasteiger partial charge is 0.297 e. The number of hydrogen-bond donors (Lipinski definition) is 0. The molecule has 0 amide bonds. The fourth-order valence-electron chi connectivity index (χ4n) is 3.42. The summed E-state index contributed by atoms with van der Waals surface area (Å²) in [5.74, 6) is 1.78. The maximum Gasteiger partial charge on any atom is 0.0233 e. The monoisotopic (exact) mass is 181 g/mol. The predicted octanol–water partition coefficient (Wildman–Crippen LogP) is 2.91. The molecular weight excluding hydrogens is 158 g/mol. The third-order valence-corrected chi connectivity index (χ3v) is 4.34. The first-order valence-electron chi connectivity index (χ1n) is 5.90. The van der Waals surface area contributed by atoms with Crippen molar-refractivity contribution >= 4 is 0 Å². The molecule has 2 saturated heterocycles. The van der Waals surface area contributed by atoms with Crippen molar-refractivity contribution in [1.82, 2.24) is 4.90 Å². The maximum atomic E-state index is 2.78. The lowest BCUT2D eigenvalue weighted by molar-refractivity contribution is 0.0251. The predicted molar refractivity (Wildman–Crippen MR) is 56.8 cm³/mol. The molecule has 0 radical (unpaired) electrons. The number of piperidine rings is 1. The van der Waals surface area contributed by atoms with Gasteiger partial charge in [-0.15, -0.1) is 0 Å². The lowest BCUT2D eigenvalue weighted by Crippen LogP contribution is -2.52. The van der Waals surface area contributed by atoms with E-state index in [-0.39, 0.29) is 0 Å². The second kappa shape index (κ2) is 3.27. The highest BCUT2D eigenvalue weighted by Gasteiger charge is 2.45. The van der Waals surface area contributed by atoms with Crippen LogP contribution in [0.3, 0.4) is 0 Å². The summed E-state index contributed by atoms with van der Waals surface area (Å²) in [5, 5.41) is 0. The molecule has 2 atom stereocenters. The van der Waals surface area contributed by atoms with Gasteiger partial charge < -0.3 is 0 Å². The zero-order valence-corrected chi connectivity index (χ0v) is 9.34. The fourth-order valence-corrected chi connectivity index (χ4v) is 3.42. The lowest BCUT2D eigenvalue weighted by Gasteiger charge is -2.47. The average molecular weight is 181 g/mol. The second-order valence-corrected chi connectivity index (χ2v) is 5.45. The summed E-state index contributed by atoms with van der Waals surface area (Å²) in [6.07, 6.45) is 5.79. The highest BCUT2D eigenvalue weighted by molar-refractivity contribution is 5.01. The van der Waals surface area contributed by atoms with E-state index >= 15 is 0 Å². The van der Waals surface area contributed by atoms with Gasteiger partial charge in [0.15, 0.2) is 0 Å². The van der Waals surface area contributed by atoms with Crippen LogP contribution in [0.25, 0.3) is 0 Å². The minimum Gasteiger partial charge on any atom is -0.297 e. The normalized spacial score (nSPS) is 41.1. The van der Waals surface area contributed by atoms with Crippen molar-refractivity contribution in [3.63, 3.8) is 0 Å². The maximum absolute atomic E-state index is 2.78. The Bertz CT molecular complexity index is 188. The van der Waals surface area contributed by atoms with E-state index in [1.54, 1.807) is 0 Å². The first kappa shape index (κ1) is 9.51. The van der Waals surface area contributed by atoms with Crippen LogP contribution in [0.4, 0.5) is 0 Å². The van der Waals surface area contributed by atoms with Crippen LogP contribution in [0.5, 0.6) is 0 Å². The average Bonchev–Trinajstić information content (AvgIpc) is 2.48. The van der Waals surface area contributed by atoms with Gasteiger partial charge in [0.25, 0.3) is 0 Å². The van der Waals surface area contributed by atoms with Gasteiger partial charge in [0.1, 0.15) is 0 Å². The molecule has 0 spiro atoms. The van der Waals surface area contributed by atoms with Crippen molar-refractivity contribution < 1.29 is 0 Å². The van der Waals surface area contributed by atoms with Gasteiger partial charge in [-0.3, -0.25) is 4.90 Å². The van der Waals surface area contributed by atoms with Gasteiger partial charge in [0.05, 0.1) is 0 Å². The molecule has 76 valence electrons. The van der Waals surface area contributed by atoms with Crippen molar-refractivity contribution in [2.45, 2.75) is 52.0 Å². The minimum atomic E-state index is 0.604. The number of fused-ring (bicyclic) bond motifs is 1. The molecule has 13 heavy (non-hydrogen) atoms. The summed E-state index contributed by atoms with van der Waals surface area (Å²) >= 11 is 0. The summed E-state index contributed by atoms with van der Waals surface area (Å²) in [7, 11) is 0. The van der Waals surface area contributed by atoms with Gasteiger partial charge in [-0.2, -0.15) is 0 Å². The lowest BCUT2D eigenvalue weighted by atomic mass is 9.75. The molecule has 0 bridgehead atoms. The Morgan fingerprint density at radius 2 is 2.08 bits per heavy atom. The Morgan fingerprint density at radius 3 is 2.77 bits per heavy atom. The molecule has 1 nitrogen and oxygen atoms in total. The Hall–Kier alpha value is -0.0400. The smallest absolute Gasteiger partial charge is 0.0233 e. The van der Waals surface area contributed by atoms with Crippen LogP contribution in [0.2, 0.25) is 0 Å². The van der Waals surface area contributed by atoms with E-state index in [1.807, 2.05) is 0 Å². The molecule has 2 aliphatic heterocycles. The molecule has 1 heteroatoms. The molecular formula is C12H23N. The highest BCUT2D eigenvalue weighted by atomic mass is 15.2. The van der Waals surface area contributed by atoms with Crippen LogP contribution < -0.4 is 0 Å². The number of hydrogen-bond acceptors (Lipinski definition) is 1. The van der Waals surface area contributed by atoms with Crippen LogP contribution in [0.1, 0.15) is 46.5 Å². The zero-order valence-electron chi connectivity index (χ0n) is 9.34. The van der Waals surface area contributed by atoms with Crippen molar-refractivity contribution in [3.8, 4) is 0 Å². The quantitative estimate of drug-likeness (QED) is 0.601. The SMILES string of the molecule is CC1CCC2(C(C)C)CCCN2C1. The van der Waals surface area contributed by atoms with E-state index in [1.165, 1.54) is 38.8 Å². The minimum absolute atomic E-state index is 0.604. The van der Waals surface area contributed by atoms with Crippen LogP contribution in [0, 0.1) is 11.8 Å². The van der Waals surface area contributed by atoms with Gasteiger partial charge in [-0.25, -0.2) is 0 Å². The van der Waals surface area contributed by atoms with E-state index in [2.05, 4.69) is 25.7 Å².